The van der Waals surface area contributed by atoms with E-state index in [4.69, 9.17) is 9.84 Å². The van der Waals surface area contributed by atoms with Gasteiger partial charge in [-0.15, -0.1) is 0 Å². The summed E-state index contributed by atoms with van der Waals surface area (Å²) in [6.07, 6.45) is 2.01. The maximum absolute atomic E-state index is 9.05. The van der Waals surface area contributed by atoms with Crippen LogP contribution in [0.3, 0.4) is 0 Å². The number of aliphatic hydroxyl groups excluding tert-OH is 1. The Labute approximate surface area is 109 Å². The summed E-state index contributed by atoms with van der Waals surface area (Å²) in [5.41, 5.74) is 1.30. The standard InChI is InChI=1S/C15H23NO2/c1-11(2)14(7-8-17)16-10-13-9-12-5-3-4-6-15(12)18-13/h3-6,11,13-14,16-17H,7-10H2,1-2H3. The van der Waals surface area contributed by atoms with Crippen LogP contribution in [-0.2, 0) is 6.42 Å². The van der Waals surface area contributed by atoms with Crippen LogP contribution < -0.4 is 10.1 Å². The Morgan fingerprint density at radius 2 is 2.17 bits per heavy atom. The predicted octanol–water partition coefficient (Wildman–Crippen LogP) is 1.99. The summed E-state index contributed by atoms with van der Waals surface area (Å²) < 4.78 is 5.89. The van der Waals surface area contributed by atoms with E-state index >= 15 is 0 Å². The summed E-state index contributed by atoms with van der Waals surface area (Å²) in [6, 6.07) is 8.59. The topological polar surface area (TPSA) is 41.5 Å². The highest BCUT2D eigenvalue weighted by Crippen LogP contribution is 2.27. The highest BCUT2D eigenvalue weighted by atomic mass is 16.5. The van der Waals surface area contributed by atoms with Gasteiger partial charge in [0.2, 0.25) is 0 Å². The zero-order valence-corrected chi connectivity index (χ0v) is 11.2. The van der Waals surface area contributed by atoms with Crippen molar-refractivity contribution in [1.29, 1.82) is 0 Å². The van der Waals surface area contributed by atoms with Crippen LogP contribution in [0.1, 0.15) is 25.8 Å². The second kappa shape index (κ2) is 6.21. The van der Waals surface area contributed by atoms with Gasteiger partial charge in [0.15, 0.2) is 0 Å². The van der Waals surface area contributed by atoms with E-state index in [1.807, 2.05) is 12.1 Å². The van der Waals surface area contributed by atoms with E-state index in [0.29, 0.717) is 12.0 Å². The molecule has 0 saturated heterocycles. The highest BCUT2D eigenvalue weighted by Gasteiger charge is 2.23. The maximum atomic E-state index is 9.05. The fourth-order valence-electron chi connectivity index (χ4n) is 2.46. The quantitative estimate of drug-likeness (QED) is 0.810. The smallest absolute Gasteiger partial charge is 0.123 e. The van der Waals surface area contributed by atoms with Gasteiger partial charge in [-0.2, -0.15) is 0 Å². The molecule has 0 radical (unpaired) electrons. The number of hydrogen-bond donors (Lipinski definition) is 2. The van der Waals surface area contributed by atoms with Crippen LogP contribution in [0, 0.1) is 5.92 Å². The molecule has 100 valence electrons. The van der Waals surface area contributed by atoms with Crippen LogP contribution in [0.15, 0.2) is 24.3 Å². The third-order valence-electron chi connectivity index (χ3n) is 3.57. The van der Waals surface area contributed by atoms with E-state index in [1.165, 1.54) is 5.56 Å². The van der Waals surface area contributed by atoms with E-state index in [0.717, 1.165) is 25.1 Å². The van der Waals surface area contributed by atoms with Gasteiger partial charge in [0.1, 0.15) is 11.9 Å². The fraction of sp³-hybridized carbons (Fsp3) is 0.600. The van der Waals surface area contributed by atoms with Gasteiger partial charge in [-0.05, 0) is 24.0 Å². The molecule has 2 atom stereocenters. The number of hydrogen-bond acceptors (Lipinski definition) is 3. The summed E-state index contributed by atoms with van der Waals surface area (Å²) in [5.74, 6) is 1.55. The SMILES string of the molecule is CC(C)C(CCO)NCC1Cc2ccccc2O1. The molecule has 1 heterocycles. The molecule has 3 nitrogen and oxygen atoms in total. The van der Waals surface area contributed by atoms with Gasteiger partial charge in [0, 0.05) is 25.6 Å². The Morgan fingerprint density at radius 3 is 2.83 bits per heavy atom. The number of rotatable bonds is 6. The van der Waals surface area contributed by atoms with Crippen LogP contribution >= 0.6 is 0 Å². The monoisotopic (exact) mass is 249 g/mol. The summed E-state index contributed by atoms with van der Waals surface area (Å²) >= 11 is 0. The van der Waals surface area contributed by atoms with Crippen molar-refractivity contribution < 1.29 is 9.84 Å². The Kier molecular flexibility index (Phi) is 4.61. The van der Waals surface area contributed by atoms with Gasteiger partial charge < -0.3 is 15.2 Å². The lowest BCUT2D eigenvalue weighted by molar-refractivity contribution is 0.198. The number of fused-ring (bicyclic) bond motifs is 1. The van der Waals surface area contributed by atoms with Gasteiger partial charge in [-0.1, -0.05) is 32.0 Å². The third-order valence-corrected chi connectivity index (χ3v) is 3.57. The lowest BCUT2D eigenvalue weighted by Crippen LogP contribution is -2.40. The minimum Gasteiger partial charge on any atom is -0.488 e. The zero-order chi connectivity index (χ0) is 13.0. The first-order valence-corrected chi connectivity index (χ1v) is 6.79. The normalized spacial score (nSPS) is 19.7. The minimum absolute atomic E-state index is 0.224. The second-order valence-corrected chi connectivity index (χ2v) is 5.32. The second-order valence-electron chi connectivity index (χ2n) is 5.32. The molecule has 18 heavy (non-hydrogen) atoms. The van der Waals surface area contributed by atoms with Crippen LogP contribution in [0.25, 0.3) is 0 Å². The molecule has 0 saturated carbocycles. The first-order chi connectivity index (χ1) is 8.70. The largest absolute Gasteiger partial charge is 0.488 e. The molecule has 0 aromatic heterocycles. The molecule has 3 heteroatoms. The van der Waals surface area contributed by atoms with E-state index in [9.17, 15) is 0 Å². The highest BCUT2D eigenvalue weighted by molar-refractivity contribution is 5.37. The molecule has 1 aromatic carbocycles. The van der Waals surface area contributed by atoms with Crippen molar-refractivity contribution in [2.45, 2.75) is 38.8 Å². The predicted molar refractivity (Wildman–Crippen MR) is 72.9 cm³/mol. The number of aliphatic hydroxyl groups is 1. The number of nitrogens with one attached hydrogen (secondary N) is 1. The van der Waals surface area contributed by atoms with Crippen molar-refractivity contribution in [3.8, 4) is 5.75 Å². The molecule has 1 aliphatic rings. The summed E-state index contributed by atoms with van der Waals surface area (Å²) in [4.78, 5) is 0. The summed E-state index contributed by atoms with van der Waals surface area (Å²) in [6.45, 7) is 5.44. The Morgan fingerprint density at radius 1 is 1.39 bits per heavy atom. The molecular weight excluding hydrogens is 226 g/mol. The van der Waals surface area contributed by atoms with Crippen LogP contribution in [0.2, 0.25) is 0 Å². The van der Waals surface area contributed by atoms with E-state index in [2.05, 4.69) is 31.3 Å². The van der Waals surface area contributed by atoms with E-state index in [1.54, 1.807) is 0 Å². The molecule has 0 spiro atoms. The lowest BCUT2D eigenvalue weighted by atomic mass is 10.0. The van der Waals surface area contributed by atoms with Crippen molar-refractivity contribution in [3.63, 3.8) is 0 Å². The average Bonchev–Trinajstić information content (AvgIpc) is 2.76. The zero-order valence-electron chi connectivity index (χ0n) is 11.2. The first-order valence-electron chi connectivity index (χ1n) is 6.79. The van der Waals surface area contributed by atoms with Crippen LogP contribution in [0.5, 0.6) is 5.75 Å². The van der Waals surface area contributed by atoms with Crippen molar-refractivity contribution in [2.75, 3.05) is 13.2 Å². The molecule has 2 N–H and O–H groups in total. The van der Waals surface area contributed by atoms with E-state index < -0.39 is 0 Å². The van der Waals surface area contributed by atoms with E-state index in [-0.39, 0.29) is 12.7 Å². The number of ether oxygens (including phenoxy) is 1. The maximum Gasteiger partial charge on any atom is 0.123 e. The van der Waals surface area contributed by atoms with Gasteiger partial charge in [0.05, 0.1) is 0 Å². The molecule has 1 aromatic rings. The molecule has 0 aliphatic carbocycles. The lowest BCUT2D eigenvalue weighted by Gasteiger charge is -2.23. The fourth-order valence-corrected chi connectivity index (χ4v) is 2.46. The average molecular weight is 249 g/mol. The number of benzene rings is 1. The summed E-state index contributed by atoms with van der Waals surface area (Å²) in [5, 5.41) is 12.6. The molecular formula is C15H23NO2. The Hall–Kier alpha value is -1.06. The minimum atomic E-state index is 0.224. The van der Waals surface area contributed by atoms with Gasteiger partial charge in [0.25, 0.3) is 0 Å². The molecule has 0 fully saturated rings. The molecule has 1 aliphatic heterocycles. The van der Waals surface area contributed by atoms with Crippen LogP contribution in [0.4, 0.5) is 0 Å². The van der Waals surface area contributed by atoms with Crippen molar-refractivity contribution >= 4 is 0 Å². The molecule has 2 unspecified atom stereocenters. The Bertz CT molecular complexity index is 354. The summed E-state index contributed by atoms with van der Waals surface area (Å²) in [7, 11) is 0. The number of para-hydroxylation sites is 1. The molecule has 0 bridgehead atoms. The molecule has 0 amide bonds. The van der Waals surface area contributed by atoms with Crippen molar-refractivity contribution in [3.05, 3.63) is 29.8 Å². The third kappa shape index (κ3) is 3.24. The molecule has 2 rings (SSSR count). The van der Waals surface area contributed by atoms with Crippen LogP contribution in [-0.4, -0.2) is 30.4 Å². The first kappa shape index (κ1) is 13.4. The Balaban J connectivity index is 1.82. The van der Waals surface area contributed by atoms with Gasteiger partial charge in [-0.25, -0.2) is 0 Å². The van der Waals surface area contributed by atoms with Gasteiger partial charge in [-0.3, -0.25) is 0 Å². The van der Waals surface area contributed by atoms with Crippen molar-refractivity contribution in [1.82, 2.24) is 5.32 Å². The van der Waals surface area contributed by atoms with Gasteiger partial charge >= 0.3 is 0 Å². The van der Waals surface area contributed by atoms with Crippen molar-refractivity contribution in [2.24, 2.45) is 5.92 Å².